The van der Waals surface area contributed by atoms with Crippen LogP contribution in [0.1, 0.15) is 49.6 Å². The van der Waals surface area contributed by atoms with E-state index in [0.29, 0.717) is 23.4 Å². The topological polar surface area (TPSA) is 85.0 Å². The van der Waals surface area contributed by atoms with E-state index in [1.54, 1.807) is 12.4 Å². The summed E-state index contributed by atoms with van der Waals surface area (Å²) in [5.41, 5.74) is 1.44. The maximum atomic E-state index is 12.3. The lowest BCUT2D eigenvalue weighted by atomic mass is 9.83. The number of hydrogen-bond donors (Lipinski definition) is 0. The Morgan fingerprint density at radius 1 is 1.12 bits per heavy atom. The molecule has 0 radical (unpaired) electrons. The highest BCUT2D eigenvalue weighted by Crippen LogP contribution is 2.32. The van der Waals surface area contributed by atoms with Crippen LogP contribution in [-0.4, -0.2) is 44.1 Å². The summed E-state index contributed by atoms with van der Waals surface area (Å²) in [4.78, 5) is 22.8. The Balaban J connectivity index is 1.39. The minimum atomic E-state index is 0.218. The lowest BCUT2D eigenvalue weighted by Crippen LogP contribution is -2.43. The van der Waals surface area contributed by atoms with Gasteiger partial charge in [0.2, 0.25) is 11.8 Å². The highest BCUT2D eigenvalue weighted by molar-refractivity contribution is 5.79. The normalized spacial score (nSPS) is 19.3. The number of rotatable bonds is 3. The van der Waals surface area contributed by atoms with Crippen LogP contribution < -0.4 is 0 Å². The number of carbonyl (C=O) groups excluding carboxylic acids is 1. The Kier molecular flexibility index (Phi) is 4.00. The van der Waals surface area contributed by atoms with Crippen LogP contribution in [0.25, 0.3) is 11.6 Å². The summed E-state index contributed by atoms with van der Waals surface area (Å²) in [6.45, 7) is 3.44. The van der Waals surface area contributed by atoms with Crippen LogP contribution in [0.3, 0.4) is 0 Å². The van der Waals surface area contributed by atoms with Crippen LogP contribution >= 0.6 is 0 Å². The van der Waals surface area contributed by atoms with Gasteiger partial charge in [0.25, 0.3) is 5.89 Å². The fourth-order valence-corrected chi connectivity index (χ4v) is 3.27. The molecule has 2 fully saturated rings. The maximum absolute atomic E-state index is 12.3. The maximum Gasteiger partial charge on any atom is 0.267 e. The zero-order valence-electron chi connectivity index (χ0n) is 13.8. The lowest BCUT2D eigenvalue weighted by Gasteiger charge is -2.35. The molecule has 7 nitrogen and oxygen atoms in total. The van der Waals surface area contributed by atoms with E-state index in [-0.39, 0.29) is 11.8 Å². The first-order valence-corrected chi connectivity index (χ1v) is 8.62. The van der Waals surface area contributed by atoms with Crippen LogP contribution in [0, 0.1) is 12.8 Å². The van der Waals surface area contributed by atoms with Crippen molar-refractivity contribution in [2.75, 3.05) is 13.1 Å². The molecule has 2 aliphatic rings. The van der Waals surface area contributed by atoms with Gasteiger partial charge in [-0.25, -0.2) is 4.98 Å². The molecule has 1 aliphatic heterocycles. The van der Waals surface area contributed by atoms with Gasteiger partial charge in [0.05, 0.1) is 11.9 Å². The summed E-state index contributed by atoms with van der Waals surface area (Å²) < 4.78 is 5.80. The van der Waals surface area contributed by atoms with Crippen LogP contribution in [0.5, 0.6) is 0 Å². The number of piperidine rings is 1. The zero-order chi connectivity index (χ0) is 16.5. The van der Waals surface area contributed by atoms with Gasteiger partial charge < -0.3 is 9.32 Å². The number of nitrogens with zero attached hydrogens (tertiary/aromatic N) is 5. The molecular weight excluding hydrogens is 306 g/mol. The van der Waals surface area contributed by atoms with Crippen LogP contribution in [0.2, 0.25) is 0 Å². The van der Waals surface area contributed by atoms with Gasteiger partial charge in [-0.1, -0.05) is 6.42 Å². The van der Waals surface area contributed by atoms with E-state index in [0.717, 1.165) is 44.5 Å². The first-order chi connectivity index (χ1) is 11.7. The number of carbonyl (C=O) groups is 1. The molecule has 7 heteroatoms. The largest absolute Gasteiger partial charge is 0.419 e. The minimum absolute atomic E-state index is 0.218. The molecule has 2 aromatic rings. The molecule has 1 saturated heterocycles. The average Bonchev–Trinajstić information content (AvgIpc) is 3.04. The second-order valence-corrected chi connectivity index (χ2v) is 6.72. The van der Waals surface area contributed by atoms with E-state index >= 15 is 0 Å². The van der Waals surface area contributed by atoms with E-state index in [4.69, 9.17) is 4.42 Å². The standard InChI is InChI=1S/C17H21N5O2/c1-11-9-19-14(10-18-11)16-21-20-15(24-16)12-5-7-22(8-6-12)17(23)13-3-2-4-13/h9-10,12-13H,2-8H2,1H3. The molecule has 1 amide bonds. The molecule has 0 N–H and O–H groups in total. The summed E-state index contributed by atoms with van der Waals surface area (Å²) in [7, 11) is 0. The Morgan fingerprint density at radius 2 is 1.92 bits per heavy atom. The van der Waals surface area contributed by atoms with Gasteiger partial charge in [-0.15, -0.1) is 10.2 Å². The third kappa shape index (κ3) is 2.90. The molecule has 0 atom stereocenters. The van der Waals surface area contributed by atoms with Crippen LogP contribution in [0.4, 0.5) is 0 Å². The monoisotopic (exact) mass is 327 g/mol. The summed E-state index contributed by atoms with van der Waals surface area (Å²) in [6, 6.07) is 0. The predicted octanol–water partition coefficient (Wildman–Crippen LogP) is 2.34. The van der Waals surface area contributed by atoms with Gasteiger partial charge in [-0.2, -0.15) is 0 Å². The number of amides is 1. The molecule has 24 heavy (non-hydrogen) atoms. The molecule has 126 valence electrons. The molecule has 4 rings (SSSR count). The Hall–Kier alpha value is -2.31. The van der Waals surface area contributed by atoms with E-state index in [1.807, 2.05) is 11.8 Å². The molecule has 2 aromatic heterocycles. The van der Waals surface area contributed by atoms with Crippen molar-refractivity contribution in [2.24, 2.45) is 5.92 Å². The smallest absolute Gasteiger partial charge is 0.267 e. The summed E-state index contributed by atoms with van der Waals surface area (Å²) in [5.74, 6) is 1.88. The molecule has 1 saturated carbocycles. The van der Waals surface area contributed by atoms with Gasteiger partial charge >= 0.3 is 0 Å². The fourth-order valence-electron chi connectivity index (χ4n) is 3.27. The van der Waals surface area contributed by atoms with Crippen molar-refractivity contribution in [2.45, 2.75) is 44.9 Å². The van der Waals surface area contributed by atoms with Gasteiger partial charge in [-0.3, -0.25) is 9.78 Å². The summed E-state index contributed by atoms with van der Waals surface area (Å²) >= 11 is 0. The summed E-state index contributed by atoms with van der Waals surface area (Å²) in [5, 5.41) is 8.28. The molecule has 0 spiro atoms. The summed E-state index contributed by atoms with van der Waals surface area (Å²) in [6.07, 6.45) is 8.39. The molecule has 0 aromatic carbocycles. The first kappa shape index (κ1) is 15.2. The van der Waals surface area contributed by atoms with Crippen LogP contribution in [-0.2, 0) is 4.79 Å². The zero-order valence-corrected chi connectivity index (χ0v) is 13.8. The van der Waals surface area contributed by atoms with E-state index < -0.39 is 0 Å². The van der Waals surface area contributed by atoms with Gasteiger partial charge in [-0.05, 0) is 32.6 Å². The quantitative estimate of drug-likeness (QED) is 0.860. The van der Waals surface area contributed by atoms with Crippen molar-refractivity contribution >= 4 is 5.91 Å². The van der Waals surface area contributed by atoms with Crippen molar-refractivity contribution in [3.05, 3.63) is 24.0 Å². The third-order valence-corrected chi connectivity index (χ3v) is 5.05. The number of hydrogen-bond acceptors (Lipinski definition) is 6. The van der Waals surface area contributed by atoms with Gasteiger partial charge in [0, 0.05) is 31.1 Å². The van der Waals surface area contributed by atoms with E-state index in [9.17, 15) is 4.79 Å². The first-order valence-electron chi connectivity index (χ1n) is 8.62. The van der Waals surface area contributed by atoms with Gasteiger partial charge in [0.15, 0.2) is 0 Å². The van der Waals surface area contributed by atoms with Crippen LogP contribution in [0.15, 0.2) is 16.8 Å². The van der Waals surface area contributed by atoms with Crippen molar-refractivity contribution in [3.8, 4) is 11.6 Å². The second-order valence-electron chi connectivity index (χ2n) is 6.72. The van der Waals surface area contributed by atoms with E-state index in [1.165, 1.54) is 6.42 Å². The Bertz CT molecular complexity index is 715. The molecule has 0 bridgehead atoms. The van der Waals surface area contributed by atoms with Gasteiger partial charge in [0.1, 0.15) is 5.69 Å². The predicted molar refractivity (Wildman–Crippen MR) is 86.0 cm³/mol. The molecule has 1 aliphatic carbocycles. The van der Waals surface area contributed by atoms with E-state index in [2.05, 4.69) is 20.2 Å². The van der Waals surface area contributed by atoms with Crippen molar-refractivity contribution in [3.63, 3.8) is 0 Å². The Morgan fingerprint density at radius 3 is 2.54 bits per heavy atom. The number of aryl methyl sites for hydroxylation is 1. The fraction of sp³-hybridized carbons (Fsp3) is 0.588. The lowest BCUT2D eigenvalue weighted by molar-refractivity contribution is -0.139. The Labute approximate surface area is 140 Å². The van der Waals surface area contributed by atoms with Crippen molar-refractivity contribution < 1.29 is 9.21 Å². The minimum Gasteiger partial charge on any atom is -0.419 e. The molecule has 0 unspecified atom stereocenters. The molecular formula is C17H21N5O2. The average molecular weight is 327 g/mol. The van der Waals surface area contributed by atoms with Crippen molar-refractivity contribution in [1.82, 2.24) is 25.1 Å². The number of aromatic nitrogens is 4. The van der Waals surface area contributed by atoms with Crippen molar-refractivity contribution in [1.29, 1.82) is 0 Å². The SMILES string of the molecule is Cc1cnc(-c2nnc(C3CCN(C(=O)C4CCC4)CC3)o2)cn1. The third-order valence-electron chi connectivity index (χ3n) is 5.05. The number of likely N-dealkylation sites (tertiary alicyclic amines) is 1. The highest BCUT2D eigenvalue weighted by atomic mass is 16.4. The highest BCUT2D eigenvalue weighted by Gasteiger charge is 2.33. The molecule has 3 heterocycles. The second kappa shape index (κ2) is 6.30.